The summed E-state index contributed by atoms with van der Waals surface area (Å²) in [5.74, 6) is -0.492. The quantitative estimate of drug-likeness (QED) is 0.601. The molecule has 0 aliphatic rings. The number of amides is 2. The van der Waals surface area contributed by atoms with Crippen LogP contribution >= 0.6 is 0 Å². The molecule has 0 aromatic heterocycles. The first-order valence-corrected chi connectivity index (χ1v) is 5.99. The number of carbonyl (C=O) groups excluding carboxylic acids is 2. The maximum absolute atomic E-state index is 11.7. The number of hydrogen-bond donors (Lipinski definition) is 3. The van der Waals surface area contributed by atoms with Crippen molar-refractivity contribution < 1.29 is 9.59 Å². The molecule has 2 amide bonds. The van der Waals surface area contributed by atoms with Crippen molar-refractivity contribution in [2.75, 3.05) is 13.1 Å². The van der Waals surface area contributed by atoms with Crippen LogP contribution in [0.1, 0.15) is 28.8 Å². The summed E-state index contributed by atoms with van der Waals surface area (Å²) >= 11 is 0. The van der Waals surface area contributed by atoms with Gasteiger partial charge in [-0.05, 0) is 37.1 Å². The molecular formula is C13H19N3O2. The zero-order valence-corrected chi connectivity index (χ0v) is 10.3. The lowest BCUT2D eigenvalue weighted by molar-refractivity contribution is -0.118. The molecule has 5 heteroatoms. The lowest BCUT2D eigenvalue weighted by atomic mass is 10.1. The van der Waals surface area contributed by atoms with Gasteiger partial charge in [0.1, 0.15) is 0 Å². The van der Waals surface area contributed by atoms with E-state index in [1.807, 2.05) is 12.1 Å². The number of primary amides is 1. The van der Waals surface area contributed by atoms with Crippen LogP contribution in [0.2, 0.25) is 0 Å². The first-order chi connectivity index (χ1) is 8.63. The average Bonchev–Trinajstić information content (AvgIpc) is 2.35. The monoisotopic (exact) mass is 249 g/mol. The second-order valence-corrected chi connectivity index (χ2v) is 4.06. The van der Waals surface area contributed by atoms with Crippen LogP contribution in [0.4, 0.5) is 0 Å². The summed E-state index contributed by atoms with van der Waals surface area (Å²) in [7, 11) is 0. The SMILES string of the molecule is NCCc1ccc(C(=O)NCCCC(N)=O)cc1. The van der Waals surface area contributed by atoms with E-state index in [1.54, 1.807) is 12.1 Å². The van der Waals surface area contributed by atoms with Crippen molar-refractivity contribution in [2.24, 2.45) is 11.5 Å². The van der Waals surface area contributed by atoms with Gasteiger partial charge in [0.05, 0.1) is 0 Å². The van der Waals surface area contributed by atoms with Crippen molar-refractivity contribution in [1.29, 1.82) is 0 Å². The molecule has 1 rings (SSSR count). The molecule has 98 valence electrons. The average molecular weight is 249 g/mol. The number of hydrogen-bond acceptors (Lipinski definition) is 3. The van der Waals surface area contributed by atoms with Crippen LogP contribution in [0, 0.1) is 0 Å². The molecule has 0 heterocycles. The summed E-state index contributed by atoms with van der Waals surface area (Å²) in [6, 6.07) is 7.33. The molecule has 0 aliphatic carbocycles. The van der Waals surface area contributed by atoms with Crippen molar-refractivity contribution in [3.8, 4) is 0 Å². The summed E-state index contributed by atoms with van der Waals surface area (Å²) in [5, 5.41) is 2.73. The Labute approximate surface area is 107 Å². The fourth-order valence-electron chi connectivity index (χ4n) is 1.56. The standard InChI is InChI=1S/C13H19N3O2/c14-8-7-10-3-5-11(6-4-10)13(18)16-9-1-2-12(15)17/h3-6H,1-2,7-9,14H2,(H2,15,17)(H,16,18). The first-order valence-electron chi connectivity index (χ1n) is 5.99. The lowest BCUT2D eigenvalue weighted by Gasteiger charge is -2.05. The van der Waals surface area contributed by atoms with Gasteiger partial charge < -0.3 is 16.8 Å². The molecule has 0 aliphatic heterocycles. The van der Waals surface area contributed by atoms with Crippen LogP contribution < -0.4 is 16.8 Å². The van der Waals surface area contributed by atoms with Crippen LogP contribution in [-0.4, -0.2) is 24.9 Å². The van der Waals surface area contributed by atoms with Gasteiger partial charge in [-0.25, -0.2) is 0 Å². The maximum atomic E-state index is 11.7. The van der Waals surface area contributed by atoms with Gasteiger partial charge in [-0.3, -0.25) is 9.59 Å². The molecule has 1 aromatic rings. The highest BCUT2D eigenvalue weighted by atomic mass is 16.2. The molecule has 1 aromatic carbocycles. The fraction of sp³-hybridized carbons (Fsp3) is 0.385. The Hall–Kier alpha value is -1.88. The van der Waals surface area contributed by atoms with Gasteiger partial charge >= 0.3 is 0 Å². The number of nitrogens with one attached hydrogen (secondary N) is 1. The van der Waals surface area contributed by atoms with E-state index in [1.165, 1.54) is 0 Å². The lowest BCUT2D eigenvalue weighted by Crippen LogP contribution is -2.25. The van der Waals surface area contributed by atoms with Crippen molar-refractivity contribution in [3.05, 3.63) is 35.4 Å². The zero-order chi connectivity index (χ0) is 13.4. The van der Waals surface area contributed by atoms with E-state index < -0.39 is 0 Å². The molecule has 5 N–H and O–H groups in total. The van der Waals surface area contributed by atoms with Crippen molar-refractivity contribution >= 4 is 11.8 Å². The Kier molecular flexibility index (Phi) is 5.87. The molecule has 0 saturated carbocycles. The van der Waals surface area contributed by atoms with Gasteiger partial charge in [0.15, 0.2) is 0 Å². The third kappa shape index (κ3) is 4.97. The van der Waals surface area contributed by atoms with Crippen LogP contribution in [0.5, 0.6) is 0 Å². The molecule has 0 atom stereocenters. The molecule has 5 nitrogen and oxygen atoms in total. The van der Waals surface area contributed by atoms with Gasteiger partial charge in [0.25, 0.3) is 5.91 Å². The third-order valence-corrected chi connectivity index (χ3v) is 2.53. The van der Waals surface area contributed by atoms with Gasteiger partial charge in [-0.15, -0.1) is 0 Å². The zero-order valence-electron chi connectivity index (χ0n) is 10.3. The van der Waals surface area contributed by atoms with Gasteiger partial charge in [-0.1, -0.05) is 12.1 Å². The second kappa shape index (κ2) is 7.45. The minimum atomic E-state index is -0.351. The van der Waals surface area contributed by atoms with Crippen LogP contribution in [0.25, 0.3) is 0 Å². The Morgan fingerprint density at radius 2 is 1.83 bits per heavy atom. The topological polar surface area (TPSA) is 98.2 Å². The highest BCUT2D eigenvalue weighted by Crippen LogP contribution is 2.04. The van der Waals surface area contributed by atoms with Crippen LogP contribution in [0.15, 0.2) is 24.3 Å². The molecule has 0 unspecified atom stereocenters. The largest absolute Gasteiger partial charge is 0.370 e. The maximum Gasteiger partial charge on any atom is 0.251 e. The molecule has 0 saturated heterocycles. The molecular weight excluding hydrogens is 230 g/mol. The molecule has 0 fully saturated rings. The van der Waals surface area contributed by atoms with E-state index in [0.29, 0.717) is 25.1 Å². The molecule has 0 radical (unpaired) electrons. The minimum absolute atomic E-state index is 0.140. The fourth-order valence-corrected chi connectivity index (χ4v) is 1.56. The predicted octanol–water partition coefficient (Wildman–Crippen LogP) is 0.183. The number of carbonyl (C=O) groups is 2. The van der Waals surface area contributed by atoms with Crippen LogP contribution in [-0.2, 0) is 11.2 Å². The van der Waals surface area contributed by atoms with E-state index in [0.717, 1.165) is 12.0 Å². The number of rotatable bonds is 7. The minimum Gasteiger partial charge on any atom is -0.370 e. The Bertz CT molecular complexity index is 401. The van der Waals surface area contributed by atoms with Crippen molar-refractivity contribution in [2.45, 2.75) is 19.3 Å². The van der Waals surface area contributed by atoms with E-state index in [2.05, 4.69) is 5.32 Å². The summed E-state index contributed by atoms with van der Waals surface area (Å²) in [6.45, 7) is 1.05. The van der Waals surface area contributed by atoms with E-state index >= 15 is 0 Å². The highest BCUT2D eigenvalue weighted by molar-refractivity contribution is 5.94. The van der Waals surface area contributed by atoms with Crippen molar-refractivity contribution in [3.63, 3.8) is 0 Å². The predicted molar refractivity (Wildman–Crippen MR) is 70.0 cm³/mol. The van der Waals surface area contributed by atoms with Gasteiger partial charge in [0.2, 0.25) is 5.91 Å². The van der Waals surface area contributed by atoms with E-state index in [9.17, 15) is 9.59 Å². The molecule has 0 spiro atoms. The summed E-state index contributed by atoms with van der Waals surface area (Å²) in [6.07, 6.45) is 1.66. The summed E-state index contributed by atoms with van der Waals surface area (Å²) in [4.78, 5) is 22.2. The highest BCUT2D eigenvalue weighted by Gasteiger charge is 2.04. The number of nitrogens with two attached hydrogens (primary N) is 2. The van der Waals surface area contributed by atoms with Crippen molar-refractivity contribution in [1.82, 2.24) is 5.32 Å². The third-order valence-electron chi connectivity index (χ3n) is 2.53. The number of benzene rings is 1. The second-order valence-electron chi connectivity index (χ2n) is 4.06. The first kappa shape index (κ1) is 14.2. The van der Waals surface area contributed by atoms with Crippen LogP contribution in [0.3, 0.4) is 0 Å². The Morgan fingerprint density at radius 1 is 1.17 bits per heavy atom. The normalized spacial score (nSPS) is 10.1. The summed E-state index contributed by atoms with van der Waals surface area (Å²) in [5.41, 5.74) is 12.2. The van der Waals surface area contributed by atoms with E-state index in [-0.39, 0.29) is 18.2 Å². The van der Waals surface area contributed by atoms with Gasteiger partial charge in [-0.2, -0.15) is 0 Å². The molecule has 18 heavy (non-hydrogen) atoms. The smallest absolute Gasteiger partial charge is 0.251 e. The Balaban J connectivity index is 2.39. The van der Waals surface area contributed by atoms with E-state index in [4.69, 9.17) is 11.5 Å². The summed E-state index contributed by atoms with van der Waals surface area (Å²) < 4.78 is 0. The Morgan fingerprint density at radius 3 is 2.39 bits per heavy atom. The van der Waals surface area contributed by atoms with Gasteiger partial charge in [0, 0.05) is 18.5 Å². The molecule has 0 bridgehead atoms.